The van der Waals surface area contributed by atoms with Crippen LogP contribution in [0.1, 0.15) is 78.1 Å². The number of carbonyl (C=O) groups excluding carboxylic acids is 2. The number of para-hydroxylation sites is 1. The second-order valence-corrected chi connectivity index (χ2v) is 7.59. The van der Waals surface area contributed by atoms with E-state index in [0.717, 1.165) is 24.1 Å². The normalized spacial score (nSPS) is 14.8. The van der Waals surface area contributed by atoms with Gasteiger partial charge in [-0.3, -0.25) is 9.59 Å². The molecular formula is C23H28N2O2. The van der Waals surface area contributed by atoms with E-state index in [0.29, 0.717) is 17.0 Å². The van der Waals surface area contributed by atoms with Crippen LogP contribution in [0.25, 0.3) is 0 Å². The van der Waals surface area contributed by atoms with Crippen LogP contribution in [0.4, 0.5) is 5.69 Å². The van der Waals surface area contributed by atoms with Gasteiger partial charge in [0.25, 0.3) is 11.8 Å². The number of benzene rings is 2. The fraction of sp³-hybridized carbons (Fsp3) is 0.391. The fourth-order valence-electron chi connectivity index (χ4n) is 3.63. The third-order valence-corrected chi connectivity index (χ3v) is 5.16. The molecule has 1 saturated carbocycles. The van der Waals surface area contributed by atoms with E-state index in [1.54, 1.807) is 24.3 Å². The molecule has 1 fully saturated rings. The van der Waals surface area contributed by atoms with Crippen LogP contribution in [-0.2, 0) is 0 Å². The molecular weight excluding hydrogens is 336 g/mol. The molecule has 2 N–H and O–H groups in total. The molecule has 0 heterocycles. The molecule has 0 unspecified atom stereocenters. The first kappa shape index (κ1) is 19.2. The third-order valence-electron chi connectivity index (χ3n) is 5.16. The molecule has 1 aliphatic carbocycles. The zero-order chi connectivity index (χ0) is 19.2. The first-order chi connectivity index (χ1) is 13.0. The maximum absolute atomic E-state index is 12.7. The molecule has 0 radical (unpaired) electrons. The molecule has 27 heavy (non-hydrogen) atoms. The maximum atomic E-state index is 12.7. The average Bonchev–Trinajstić information content (AvgIpc) is 2.69. The molecule has 0 spiro atoms. The lowest BCUT2D eigenvalue weighted by Crippen LogP contribution is -2.36. The number of hydrogen-bond acceptors (Lipinski definition) is 2. The average molecular weight is 364 g/mol. The molecule has 2 aromatic rings. The molecule has 2 aromatic carbocycles. The summed E-state index contributed by atoms with van der Waals surface area (Å²) in [4.78, 5) is 25.3. The Balaban J connectivity index is 1.71. The van der Waals surface area contributed by atoms with E-state index in [4.69, 9.17) is 0 Å². The summed E-state index contributed by atoms with van der Waals surface area (Å²) in [6.07, 6.45) is 5.67. The topological polar surface area (TPSA) is 58.2 Å². The standard InChI is InChI=1S/C23H28N2O2/c1-16(2)20-13-6-7-14-21(20)25-23(27)18-10-8-9-17(15-18)22(26)24-19-11-4-3-5-12-19/h6-10,13-16,19H,3-5,11-12H2,1-2H3,(H,24,26)(H,25,27). The highest BCUT2D eigenvalue weighted by Crippen LogP contribution is 2.24. The van der Waals surface area contributed by atoms with Gasteiger partial charge < -0.3 is 10.6 Å². The maximum Gasteiger partial charge on any atom is 0.255 e. The lowest BCUT2D eigenvalue weighted by Gasteiger charge is -2.22. The summed E-state index contributed by atoms with van der Waals surface area (Å²) in [6.45, 7) is 4.20. The van der Waals surface area contributed by atoms with Gasteiger partial charge in [0.1, 0.15) is 0 Å². The predicted molar refractivity (Wildman–Crippen MR) is 109 cm³/mol. The number of amides is 2. The summed E-state index contributed by atoms with van der Waals surface area (Å²) in [5, 5.41) is 6.09. The van der Waals surface area contributed by atoms with Gasteiger partial charge in [0.2, 0.25) is 0 Å². The van der Waals surface area contributed by atoms with Crippen LogP contribution in [-0.4, -0.2) is 17.9 Å². The van der Waals surface area contributed by atoms with Gasteiger partial charge in [-0.25, -0.2) is 0 Å². The minimum Gasteiger partial charge on any atom is -0.349 e. The third kappa shape index (κ3) is 4.97. The summed E-state index contributed by atoms with van der Waals surface area (Å²) < 4.78 is 0. The molecule has 4 nitrogen and oxygen atoms in total. The Morgan fingerprint density at radius 2 is 1.56 bits per heavy atom. The summed E-state index contributed by atoms with van der Waals surface area (Å²) in [7, 11) is 0. The zero-order valence-corrected chi connectivity index (χ0v) is 16.1. The van der Waals surface area contributed by atoms with Crippen molar-refractivity contribution in [3.8, 4) is 0 Å². The highest BCUT2D eigenvalue weighted by Gasteiger charge is 2.18. The minimum absolute atomic E-state index is 0.0980. The van der Waals surface area contributed by atoms with Crippen molar-refractivity contribution in [2.45, 2.75) is 57.9 Å². The van der Waals surface area contributed by atoms with Gasteiger partial charge in [0, 0.05) is 22.9 Å². The SMILES string of the molecule is CC(C)c1ccccc1NC(=O)c1cccc(C(=O)NC2CCCCC2)c1. The number of rotatable bonds is 5. The largest absolute Gasteiger partial charge is 0.349 e. The van der Waals surface area contributed by atoms with Crippen LogP contribution < -0.4 is 10.6 Å². The predicted octanol–water partition coefficient (Wildman–Crippen LogP) is 5.12. The molecule has 0 atom stereocenters. The van der Waals surface area contributed by atoms with Crippen LogP contribution in [0.5, 0.6) is 0 Å². The Morgan fingerprint density at radius 3 is 2.26 bits per heavy atom. The van der Waals surface area contributed by atoms with E-state index in [9.17, 15) is 9.59 Å². The van der Waals surface area contributed by atoms with Gasteiger partial charge in [0.15, 0.2) is 0 Å². The van der Waals surface area contributed by atoms with Crippen molar-refractivity contribution in [3.63, 3.8) is 0 Å². The molecule has 0 bridgehead atoms. The number of carbonyl (C=O) groups is 2. The van der Waals surface area contributed by atoms with Crippen molar-refractivity contribution in [2.24, 2.45) is 0 Å². The van der Waals surface area contributed by atoms with E-state index in [1.165, 1.54) is 19.3 Å². The molecule has 0 aliphatic heterocycles. The van der Waals surface area contributed by atoms with Crippen LogP contribution in [0.3, 0.4) is 0 Å². The lowest BCUT2D eigenvalue weighted by molar-refractivity contribution is 0.0927. The van der Waals surface area contributed by atoms with Gasteiger partial charge in [-0.15, -0.1) is 0 Å². The Bertz CT molecular complexity index is 808. The van der Waals surface area contributed by atoms with Gasteiger partial charge >= 0.3 is 0 Å². The Morgan fingerprint density at radius 1 is 0.889 bits per heavy atom. The van der Waals surface area contributed by atoms with Crippen molar-refractivity contribution in [1.82, 2.24) is 5.32 Å². The number of anilines is 1. The number of nitrogens with one attached hydrogen (secondary N) is 2. The Labute approximate surface area is 161 Å². The highest BCUT2D eigenvalue weighted by atomic mass is 16.2. The van der Waals surface area contributed by atoms with Crippen LogP contribution in [0.2, 0.25) is 0 Å². The van der Waals surface area contributed by atoms with Crippen LogP contribution >= 0.6 is 0 Å². The van der Waals surface area contributed by atoms with Crippen LogP contribution in [0, 0.1) is 0 Å². The number of hydrogen-bond donors (Lipinski definition) is 2. The summed E-state index contributed by atoms with van der Waals surface area (Å²) in [5.74, 6) is 0.0173. The van der Waals surface area contributed by atoms with Crippen molar-refractivity contribution in [1.29, 1.82) is 0 Å². The Kier molecular flexibility index (Phi) is 6.28. The van der Waals surface area contributed by atoms with Gasteiger partial charge in [-0.05, 0) is 48.6 Å². The van der Waals surface area contributed by atoms with E-state index < -0.39 is 0 Å². The Hall–Kier alpha value is -2.62. The second-order valence-electron chi connectivity index (χ2n) is 7.59. The highest BCUT2D eigenvalue weighted by molar-refractivity contribution is 6.06. The van der Waals surface area contributed by atoms with Gasteiger partial charge in [-0.2, -0.15) is 0 Å². The van der Waals surface area contributed by atoms with Crippen molar-refractivity contribution >= 4 is 17.5 Å². The quantitative estimate of drug-likeness (QED) is 0.773. The molecule has 4 heteroatoms. The molecule has 1 aliphatic rings. The monoisotopic (exact) mass is 364 g/mol. The van der Waals surface area contributed by atoms with Crippen molar-refractivity contribution < 1.29 is 9.59 Å². The first-order valence-corrected chi connectivity index (χ1v) is 9.86. The molecule has 0 aromatic heterocycles. The first-order valence-electron chi connectivity index (χ1n) is 9.86. The van der Waals surface area contributed by atoms with E-state index in [1.807, 2.05) is 24.3 Å². The summed E-state index contributed by atoms with van der Waals surface area (Å²) in [6, 6.07) is 15.0. The molecule has 3 rings (SSSR count). The molecule has 142 valence electrons. The van der Waals surface area contributed by atoms with Crippen molar-refractivity contribution in [2.75, 3.05) is 5.32 Å². The molecule has 2 amide bonds. The van der Waals surface area contributed by atoms with E-state index in [-0.39, 0.29) is 17.9 Å². The van der Waals surface area contributed by atoms with Crippen LogP contribution in [0.15, 0.2) is 48.5 Å². The molecule has 0 saturated heterocycles. The van der Waals surface area contributed by atoms with E-state index in [2.05, 4.69) is 24.5 Å². The van der Waals surface area contributed by atoms with Gasteiger partial charge in [0.05, 0.1) is 0 Å². The summed E-state index contributed by atoms with van der Waals surface area (Å²) in [5.41, 5.74) is 2.93. The zero-order valence-electron chi connectivity index (χ0n) is 16.1. The van der Waals surface area contributed by atoms with Gasteiger partial charge in [-0.1, -0.05) is 57.4 Å². The fourth-order valence-corrected chi connectivity index (χ4v) is 3.63. The minimum atomic E-state index is -0.199. The lowest BCUT2D eigenvalue weighted by atomic mass is 9.95. The van der Waals surface area contributed by atoms with Crippen molar-refractivity contribution in [3.05, 3.63) is 65.2 Å². The smallest absolute Gasteiger partial charge is 0.255 e. The summed E-state index contributed by atoms with van der Waals surface area (Å²) >= 11 is 0. The second kappa shape index (κ2) is 8.85. The van der Waals surface area contributed by atoms with E-state index >= 15 is 0 Å².